The molecule has 0 rings (SSSR count). The first-order valence-electron chi connectivity index (χ1n) is 19.0. The molecule has 0 aromatic carbocycles. The second-order valence-electron chi connectivity index (χ2n) is 12.8. The van der Waals surface area contributed by atoms with Crippen molar-refractivity contribution >= 4 is 5.91 Å². The predicted octanol–water partition coefficient (Wildman–Crippen LogP) is 10.2. The highest BCUT2D eigenvalue weighted by molar-refractivity contribution is 5.80. The SMILES string of the molecule is CCCCC/C=C/CC/C=C/C(O)C(CO)NC(=O)C(O)CCCCCCCC/C=C\C/C=C\CCCCCCCCCCC. The van der Waals surface area contributed by atoms with Gasteiger partial charge in [-0.05, 0) is 64.2 Å². The molecule has 262 valence electrons. The van der Waals surface area contributed by atoms with Crippen LogP contribution in [0.15, 0.2) is 48.6 Å². The van der Waals surface area contributed by atoms with Crippen LogP contribution in [0.3, 0.4) is 0 Å². The Morgan fingerprint density at radius 1 is 0.556 bits per heavy atom. The van der Waals surface area contributed by atoms with Gasteiger partial charge in [0.25, 0.3) is 0 Å². The molecule has 0 aliphatic heterocycles. The van der Waals surface area contributed by atoms with Gasteiger partial charge in [0.05, 0.1) is 18.8 Å². The average molecular weight is 632 g/mol. The molecule has 0 saturated heterocycles. The van der Waals surface area contributed by atoms with Gasteiger partial charge in [0.2, 0.25) is 5.91 Å². The Morgan fingerprint density at radius 2 is 0.978 bits per heavy atom. The van der Waals surface area contributed by atoms with Crippen LogP contribution in [0.1, 0.15) is 174 Å². The van der Waals surface area contributed by atoms with E-state index in [-0.39, 0.29) is 6.61 Å². The van der Waals surface area contributed by atoms with E-state index in [4.69, 9.17) is 0 Å². The summed E-state index contributed by atoms with van der Waals surface area (Å²) < 4.78 is 0. The van der Waals surface area contributed by atoms with E-state index in [0.29, 0.717) is 6.42 Å². The summed E-state index contributed by atoms with van der Waals surface area (Å²) in [5, 5.41) is 32.8. The van der Waals surface area contributed by atoms with E-state index < -0.39 is 24.2 Å². The van der Waals surface area contributed by atoms with E-state index >= 15 is 0 Å². The quantitative estimate of drug-likeness (QED) is 0.0429. The van der Waals surface area contributed by atoms with Gasteiger partial charge in [-0.3, -0.25) is 4.79 Å². The van der Waals surface area contributed by atoms with Gasteiger partial charge in [-0.2, -0.15) is 0 Å². The minimum absolute atomic E-state index is 0.382. The molecule has 0 aromatic rings. The summed E-state index contributed by atoms with van der Waals surface area (Å²) in [6, 6.07) is -0.817. The number of allylic oxidation sites excluding steroid dienone is 7. The first kappa shape index (κ1) is 43.3. The molecule has 0 radical (unpaired) electrons. The maximum atomic E-state index is 12.4. The first-order chi connectivity index (χ1) is 22.1. The molecule has 0 heterocycles. The van der Waals surface area contributed by atoms with Crippen molar-refractivity contribution in [3.8, 4) is 0 Å². The summed E-state index contributed by atoms with van der Waals surface area (Å²) in [4.78, 5) is 12.4. The molecule has 4 N–H and O–H groups in total. The van der Waals surface area contributed by atoms with Crippen molar-refractivity contribution < 1.29 is 20.1 Å². The molecule has 0 aromatic heterocycles. The normalized spacial score (nSPS) is 14.3. The van der Waals surface area contributed by atoms with Crippen LogP contribution in [-0.4, -0.2) is 46.1 Å². The molecule has 5 heteroatoms. The smallest absolute Gasteiger partial charge is 0.249 e. The van der Waals surface area contributed by atoms with Gasteiger partial charge in [-0.25, -0.2) is 0 Å². The van der Waals surface area contributed by atoms with Gasteiger partial charge in [0.1, 0.15) is 6.10 Å². The molecular weight excluding hydrogens is 558 g/mol. The Kier molecular flexibility index (Phi) is 33.8. The lowest BCUT2D eigenvalue weighted by atomic mass is 10.0. The Hall–Kier alpha value is -1.69. The van der Waals surface area contributed by atoms with Crippen LogP contribution in [-0.2, 0) is 4.79 Å². The molecule has 1 amide bonds. The van der Waals surface area contributed by atoms with Crippen LogP contribution in [0.4, 0.5) is 0 Å². The second-order valence-corrected chi connectivity index (χ2v) is 12.8. The van der Waals surface area contributed by atoms with Gasteiger partial charge in [0, 0.05) is 0 Å². The van der Waals surface area contributed by atoms with Crippen LogP contribution < -0.4 is 5.32 Å². The zero-order chi connectivity index (χ0) is 33.1. The fourth-order valence-corrected chi connectivity index (χ4v) is 5.35. The highest BCUT2D eigenvalue weighted by Gasteiger charge is 2.22. The van der Waals surface area contributed by atoms with E-state index in [1.165, 1.54) is 103 Å². The molecular formula is C40H73NO4. The van der Waals surface area contributed by atoms with Crippen molar-refractivity contribution in [2.75, 3.05) is 6.61 Å². The van der Waals surface area contributed by atoms with Crippen molar-refractivity contribution in [3.63, 3.8) is 0 Å². The maximum absolute atomic E-state index is 12.4. The number of amides is 1. The number of hydrogen-bond acceptors (Lipinski definition) is 4. The monoisotopic (exact) mass is 632 g/mol. The van der Waals surface area contributed by atoms with E-state index in [0.717, 1.165) is 51.4 Å². The van der Waals surface area contributed by atoms with Crippen LogP contribution in [0.25, 0.3) is 0 Å². The van der Waals surface area contributed by atoms with E-state index in [9.17, 15) is 20.1 Å². The van der Waals surface area contributed by atoms with Crippen molar-refractivity contribution in [3.05, 3.63) is 48.6 Å². The van der Waals surface area contributed by atoms with Gasteiger partial charge in [-0.15, -0.1) is 0 Å². The molecule has 3 unspecified atom stereocenters. The van der Waals surface area contributed by atoms with Gasteiger partial charge >= 0.3 is 0 Å². The standard InChI is InChI=1S/C40H73NO4/c1-3-5-7-9-11-13-14-15-16-17-18-19-20-21-22-23-24-25-27-29-31-33-35-39(44)40(45)41-37(36-42)38(43)34-32-30-28-26-12-10-8-6-4-2/h12,18-19,21-22,26,32,34,37-39,42-44H,3-11,13-17,20,23-25,27-31,33,35-36H2,1-2H3,(H,41,45)/b19-18-,22-21-,26-12+,34-32+. The Bertz CT molecular complexity index is 745. The molecule has 0 aliphatic carbocycles. The summed E-state index contributed by atoms with van der Waals surface area (Å²) in [7, 11) is 0. The number of hydrogen-bond donors (Lipinski definition) is 4. The first-order valence-corrected chi connectivity index (χ1v) is 19.0. The summed E-state index contributed by atoms with van der Waals surface area (Å²) in [6.07, 6.45) is 44.3. The number of rotatable bonds is 33. The van der Waals surface area contributed by atoms with Crippen LogP contribution in [0.5, 0.6) is 0 Å². The summed E-state index contributed by atoms with van der Waals surface area (Å²) >= 11 is 0. The number of carbonyl (C=O) groups excluding carboxylic acids is 1. The van der Waals surface area contributed by atoms with E-state index in [2.05, 4.69) is 55.6 Å². The van der Waals surface area contributed by atoms with Crippen molar-refractivity contribution in [1.29, 1.82) is 0 Å². The second kappa shape index (κ2) is 35.2. The lowest BCUT2D eigenvalue weighted by molar-refractivity contribution is -0.131. The lowest BCUT2D eigenvalue weighted by Crippen LogP contribution is -2.48. The predicted molar refractivity (Wildman–Crippen MR) is 194 cm³/mol. The third kappa shape index (κ3) is 30.7. The number of carbonyl (C=O) groups is 1. The minimum atomic E-state index is -1.11. The zero-order valence-corrected chi connectivity index (χ0v) is 29.5. The largest absolute Gasteiger partial charge is 0.394 e. The zero-order valence-electron chi connectivity index (χ0n) is 29.5. The molecule has 0 spiro atoms. The van der Waals surface area contributed by atoms with Crippen LogP contribution in [0, 0.1) is 0 Å². The molecule has 0 aliphatic rings. The van der Waals surface area contributed by atoms with Gasteiger partial charge in [-0.1, -0.05) is 159 Å². The Labute approximate surface area is 278 Å². The third-order valence-corrected chi connectivity index (χ3v) is 8.39. The fraction of sp³-hybridized carbons (Fsp3) is 0.775. The minimum Gasteiger partial charge on any atom is -0.394 e. The van der Waals surface area contributed by atoms with Crippen molar-refractivity contribution in [1.82, 2.24) is 5.32 Å². The molecule has 0 bridgehead atoms. The summed E-state index contributed by atoms with van der Waals surface area (Å²) in [6.45, 7) is 4.09. The van der Waals surface area contributed by atoms with Crippen molar-refractivity contribution in [2.45, 2.75) is 193 Å². The molecule has 0 fully saturated rings. The van der Waals surface area contributed by atoms with Gasteiger partial charge in [0.15, 0.2) is 0 Å². The Morgan fingerprint density at radius 3 is 1.53 bits per heavy atom. The summed E-state index contributed by atoms with van der Waals surface area (Å²) in [5.74, 6) is -0.526. The highest BCUT2D eigenvalue weighted by Crippen LogP contribution is 2.12. The summed E-state index contributed by atoms with van der Waals surface area (Å²) in [5.41, 5.74) is 0. The number of aliphatic hydroxyl groups is 3. The molecule has 5 nitrogen and oxygen atoms in total. The Balaban J connectivity index is 3.73. The maximum Gasteiger partial charge on any atom is 0.249 e. The van der Waals surface area contributed by atoms with Crippen LogP contribution >= 0.6 is 0 Å². The average Bonchev–Trinajstić information content (AvgIpc) is 3.04. The molecule has 3 atom stereocenters. The number of unbranched alkanes of at least 4 members (excludes halogenated alkanes) is 19. The van der Waals surface area contributed by atoms with Crippen LogP contribution in [0.2, 0.25) is 0 Å². The highest BCUT2D eigenvalue weighted by atomic mass is 16.3. The van der Waals surface area contributed by atoms with Crippen molar-refractivity contribution in [2.24, 2.45) is 0 Å². The third-order valence-electron chi connectivity index (χ3n) is 8.39. The van der Waals surface area contributed by atoms with E-state index in [1.54, 1.807) is 6.08 Å². The van der Waals surface area contributed by atoms with E-state index in [1.807, 2.05) is 6.08 Å². The lowest BCUT2D eigenvalue weighted by Gasteiger charge is -2.21. The number of nitrogens with one attached hydrogen (secondary N) is 1. The number of aliphatic hydroxyl groups excluding tert-OH is 3. The molecule has 45 heavy (non-hydrogen) atoms. The topological polar surface area (TPSA) is 89.8 Å². The molecule has 0 saturated carbocycles. The fourth-order valence-electron chi connectivity index (χ4n) is 5.35. The van der Waals surface area contributed by atoms with Gasteiger partial charge < -0.3 is 20.6 Å².